The van der Waals surface area contributed by atoms with Gasteiger partial charge >= 0.3 is 5.97 Å². The van der Waals surface area contributed by atoms with Crippen LogP contribution in [-0.4, -0.2) is 12.6 Å². The van der Waals surface area contributed by atoms with Crippen molar-refractivity contribution in [2.45, 2.75) is 19.8 Å². The van der Waals surface area contributed by atoms with E-state index in [-0.39, 0.29) is 5.97 Å². The van der Waals surface area contributed by atoms with Crippen LogP contribution in [-0.2, 0) is 4.74 Å². The van der Waals surface area contributed by atoms with E-state index in [1.807, 2.05) is 6.92 Å². The van der Waals surface area contributed by atoms with Crippen LogP contribution in [0.4, 0.5) is 5.69 Å². The molecule has 0 radical (unpaired) electrons. The topological polar surface area (TPSA) is 52.3 Å². The van der Waals surface area contributed by atoms with Gasteiger partial charge in [-0.25, -0.2) is 4.79 Å². The first-order chi connectivity index (χ1) is 7.16. The molecular formula is C12H15NO2. The Morgan fingerprint density at radius 3 is 2.87 bits per heavy atom. The monoisotopic (exact) mass is 205 g/mol. The Morgan fingerprint density at radius 2 is 2.27 bits per heavy atom. The zero-order chi connectivity index (χ0) is 10.8. The number of esters is 1. The lowest BCUT2D eigenvalue weighted by Crippen LogP contribution is -2.08. The van der Waals surface area contributed by atoms with E-state index >= 15 is 0 Å². The first-order valence-electron chi connectivity index (χ1n) is 5.20. The van der Waals surface area contributed by atoms with Gasteiger partial charge < -0.3 is 10.5 Å². The number of ether oxygens (including phenoxy) is 1. The Hall–Kier alpha value is -1.51. The Balaban J connectivity index is 2.00. The first kappa shape index (κ1) is 10.0. The molecular weight excluding hydrogens is 190 g/mol. The van der Waals surface area contributed by atoms with Crippen LogP contribution in [0.5, 0.6) is 0 Å². The van der Waals surface area contributed by atoms with Crippen LogP contribution in [0.3, 0.4) is 0 Å². The summed E-state index contributed by atoms with van der Waals surface area (Å²) in [4.78, 5) is 11.6. The molecule has 1 aliphatic rings. The highest BCUT2D eigenvalue weighted by Crippen LogP contribution is 2.29. The molecule has 1 fully saturated rings. The van der Waals surface area contributed by atoms with Crippen molar-refractivity contribution >= 4 is 11.7 Å². The molecule has 3 heteroatoms. The number of nitrogen functional groups attached to an aromatic ring is 1. The molecule has 0 saturated heterocycles. The van der Waals surface area contributed by atoms with Crippen LogP contribution in [0, 0.1) is 12.8 Å². The number of nitrogens with two attached hydrogens (primary N) is 1. The molecule has 0 unspecified atom stereocenters. The molecule has 1 saturated carbocycles. The molecule has 0 heterocycles. The van der Waals surface area contributed by atoms with Crippen molar-refractivity contribution < 1.29 is 9.53 Å². The lowest BCUT2D eigenvalue weighted by Gasteiger charge is -2.05. The number of anilines is 1. The van der Waals surface area contributed by atoms with Crippen LogP contribution in [0.15, 0.2) is 18.2 Å². The van der Waals surface area contributed by atoms with Crippen molar-refractivity contribution in [3.8, 4) is 0 Å². The van der Waals surface area contributed by atoms with Crippen molar-refractivity contribution in [3.63, 3.8) is 0 Å². The maximum absolute atomic E-state index is 11.6. The number of benzene rings is 1. The summed E-state index contributed by atoms with van der Waals surface area (Å²) in [6.45, 7) is 2.44. The van der Waals surface area contributed by atoms with Gasteiger partial charge in [0.05, 0.1) is 12.2 Å². The second kappa shape index (κ2) is 3.93. The number of carbonyl (C=O) groups is 1. The van der Waals surface area contributed by atoms with Crippen LogP contribution in [0.2, 0.25) is 0 Å². The van der Waals surface area contributed by atoms with Gasteiger partial charge in [0.25, 0.3) is 0 Å². The Morgan fingerprint density at radius 1 is 1.53 bits per heavy atom. The minimum absolute atomic E-state index is 0.245. The summed E-state index contributed by atoms with van der Waals surface area (Å²) in [5, 5.41) is 0. The Bertz CT molecular complexity index is 383. The molecule has 0 bridgehead atoms. The van der Waals surface area contributed by atoms with Gasteiger partial charge in [-0.1, -0.05) is 0 Å². The number of aryl methyl sites for hydroxylation is 1. The molecule has 0 spiro atoms. The standard InChI is InChI=1S/C12H15NO2/c1-8-6-10(4-5-11(8)13)12(14)15-7-9-2-3-9/h4-6,9H,2-3,7,13H2,1H3. The van der Waals surface area contributed by atoms with Gasteiger partial charge in [0.1, 0.15) is 0 Å². The zero-order valence-electron chi connectivity index (χ0n) is 8.82. The molecule has 1 aliphatic carbocycles. The zero-order valence-corrected chi connectivity index (χ0v) is 8.82. The largest absolute Gasteiger partial charge is 0.462 e. The van der Waals surface area contributed by atoms with Gasteiger partial charge in [0, 0.05) is 5.69 Å². The molecule has 1 aromatic carbocycles. The van der Waals surface area contributed by atoms with E-state index in [0.29, 0.717) is 23.8 Å². The molecule has 2 rings (SSSR count). The summed E-state index contributed by atoms with van der Waals surface area (Å²) in [6, 6.07) is 5.21. The van der Waals surface area contributed by atoms with Crippen molar-refractivity contribution in [1.82, 2.24) is 0 Å². The molecule has 80 valence electrons. The first-order valence-corrected chi connectivity index (χ1v) is 5.20. The predicted molar refractivity (Wildman–Crippen MR) is 58.6 cm³/mol. The maximum Gasteiger partial charge on any atom is 0.338 e. The highest BCUT2D eigenvalue weighted by molar-refractivity contribution is 5.90. The quantitative estimate of drug-likeness (QED) is 0.607. The van der Waals surface area contributed by atoms with Crippen molar-refractivity contribution in [2.24, 2.45) is 5.92 Å². The molecule has 0 atom stereocenters. The Labute approximate surface area is 89.2 Å². The van der Waals surface area contributed by atoms with Gasteiger partial charge in [-0.3, -0.25) is 0 Å². The molecule has 1 aromatic rings. The third-order valence-electron chi connectivity index (χ3n) is 2.65. The summed E-state index contributed by atoms with van der Waals surface area (Å²) in [6.07, 6.45) is 2.38. The van der Waals surface area contributed by atoms with Gasteiger partial charge in [-0.05, 0) is 49.4 Å². The Kier molecular flexibility index (Phi) is 2.62. The minimum atomic E-state index is -0.245. The molecule has 0 aromatic heterocycles. The van der Waals surface area contributed by atoms with Gasteiger partial charge in [-0.2, -0.15) is 0 Å². The van der Waals surface area contributed by atoms with E-state index in [4.69, 9.17) is 10.5 Å². The average molecular weight is 205 g/mol. The summed E-state index contributed by atoms with van der Waals surface area (Å²) in [5.41, 5.74) is 7.87. The summed E-state index contributed by atoms with van der Waals surface area (Å²) in [5.74, 6) is 0.355. The van der Waals surface area contributed by atoms with Crippen LogP contribution in [0.1, 0.15) is 28.8 Å². The van der Waals surface area contributed by atoms with Gasteiger partial charge in [0.2, 0.25) is 0 Å². The lowest BCUT2D eigenvalue weighted by atomic mass is 10.1. The third kappa shape index (κ3) is 2.49. The molecule has 3 nitrogen and oxygen atoms in total. The fourth-order valence-electron chi connectivity index (χ4n) is 1.36. The van der Waals surface area contributed by atoms with Gasteiger partial charge in [-0.15, -0.1) is 0 Å². The third-order valence-corrected chi connectivity index (χ3v) is 2.65. The van der Waals surface area contributed by atoms with E-state index in [1.54, 1.807) is 18.2 Å². The van der Waals surface area contributed by atoms with E-state index in [2.05, 4.69) is 0 Å². The summed E-state index contributed by atoms with van der Waals surface area (Å²) < 4.78 is 5.17. The summed E-state index contributed by atoms with van der Waals surface area (Å²) >= 11 is 0. The SMILES string of the molecule is Cc1cc(C(=O)OCC2CC2)ccc1N. The fourth-order valence-corrected chi connectivity index (χ4v) is 1.36. The highest BCUT2D eigenvalue weighted by Gasteiger charge is 2.23. The van der Waals surface area contributed by atoms with Crippen LogP contribution < -0.4 is 5.73 Å². The summed E-state index contributed by atoms with van der Waals surface area (Å²) in [7, 11) is 0. The number of rotatable bonds is 3. The van der Waals surface area contributed by atoms with E-state index < -0.39 is 0 Å². The van der Waals surface area contributed by atoms with E-state index in [0.717, 1.165) is 5.56 Å². The maximum atomic E-state index is 11.6. The lowest BCUT2D eigenvalue weighted by molar-refractivity contribution is 0.0486. The molecule has 0 aliphatic heterocycles. The molecule has 0 amide bonds. The smallest absolute Gasteiger partial charge is 0.338 e. The highest BCUT2D eigenvalue weighted by atomic mass is 16.5. The number of hydrogen-bond acceptors (Lipinski definition) is 3. The van der Waals surface area contributed by atoms with E-state index in [1.165, 1.54) is 12.8 Å². The van der Waals surface area contributed by atoms with Gasteiger partial charge in [0.15, 0.2) is 0 Å². The predicted octanol–water partition coefficient (Wildman–Crippen LogP) is 2.14. The average Bonchev–Trinajstić information content (AvgIpc) is 3.02. The number of carbonyl (C=O) groups excluding carboxylic acids is 1. The normalized spacial score (nSPS) is 15.0. The molecule has 15 heavy (non-hydrogen) atoms. The fraction of sp³-hybridized carbons (Fsp3) is 0.417. The molecule has 2 N–H and O–H groups in total. The minimum Gasteiger partial charge on any atom is -0.462 e. The number of hydrogen-bond donors (Lipinski definition) is 1. The second-order valence-electron chi connectivity index (χ2n) is 4.11. The van der Waals surface area contributed by atoms with Crippen LogP contribution >= 0.6 is 0 Å². The van der Waals surface area contributed by atoms with Crippen molar-refractivity contribution in [2.75, 3.05) is 12.3 Å². The van der Waals surface area contributed by atoms with Crippen molar-refractivity contribution in [1.29, 1.82) is 0 Å². The van der Waals surface area contributed by atoms with Crippen LogP contribution in [0.25, 0.3) is 0 Å². The van der Waals surface area contributed by atoms with Crippen molar-refractivity contribution in [3.05, 3.63) is 29.3 Å². The van der Waals surface area contributed by atoms with E-state index in [9.17, 15) is 4.79 Å². The second-order valence-corrected chi connectivity index (χ2v) is 4.11.